The first-order chi connectivity index (χ1) is 6.31. The molecule has 1 aromatic heterocycles. The van der Waals surface area contributed by atoms with E-state index in [4.69, 9.17) is 4.74 Å². The highest BCUT2D eigenvalue weighted by atomic mass is 32.1. The van der Waals surface area contributed by atoms with E-state index in [9.17, 15) is 0 Å². The fourth-order valence-electron chi connectivity index (χ4n) is 1.47. The SMILES string of the molecule is COc1ccsc1CNC1CC1C. The zero-order valence-corrected chi connectivity index (χ0v) is 8.86. The fraction of sp³-hybridized carbons (Fsp3) is 0.600. The van der Waals surface area contributed by atoms with Gasteiger partial charge in [-0.2, -0.15) is 0 Å². The van der Waals surface area contributed by atoms with Crippen molar-refractivity contribution >= 4 is 11.3 Å². The van der Waals surface area contributed by atoms with Gasteiger partial charge in [-0.05, 0) is 23.8 Å². The summed E-state index contributed by atoms with van der Waals surface area (Å²) in [5.41, 5.74) is 0. The van der Waals surface area contributed by atoms with Crippen LogP contribution in [0.1, 0.15) is 18.2 Å². The van der Waals surface area contributed by atoms with Gasteiger partial charge in [-0.3, -0.25) is 0 Å². The van der Waals surface area contributed by atoms with Crippen LogP contribution >= 0.6 is 11.3 Å². The van der Waals surface area contributed by atoms with E-state index >= 15 is 0 Å². The van der Waals surface area contributed by atoms with Gasteiger partial charge >= 0.3 is 0 Å². The molecule has 0 aromatic carbocycles. The molecule has 2 atom stereocenters. The third-order valence-corrected chi connectivity index (χ3v) is 3.46. The van der Waals surface area contributed by atoms with Gasteiger partial charge in [-0.1, -0.05) is 6.92 Å². The Kier molecular flexibility index (Phi) is 2.56. The topological polar surface area (TPSA) is 21.3 Å². The minimum Gasteiger partial charge on any atom is -0.496 e. The number of hydrogen-bond acceptors (Lipinski definition) is 3. The Hall–Kier alpha value is -0.540. The van der Waals surface area contributed by atoms with Gasteiger partial charge in [0.2, 0.25) is 0 Å². The number of hydrogen-bond donors (Lipinski definition) is 1. The summed E-state index contributed by atoms with van der Waals surface area (Å²) in [6.45, 7) is 3.24. The molecule has 2 nitrogen and oxygen atoms in total. The second-order valence-electron chi connectivity index (χ2n) is 3.61. The molecular weight excluding hydrogens is 182 g/mol. The van der Waals surface area contributed by atoms with E-state index in [2.05, 4.69) is 17.6 Å². The molecule has 0 radical (unpaired) electrons. The van der Waals surface area contributed by atoms with Crippen molar-refractivity contribution in [2.45, 2.75) is 25.9 Å². The van der Waals surface area contributed by atoms with Gasteiger partial charge in [0.15, 0.2) is 0 Å². The van der Waals surface area contributed by atoms with Crippen LogP contribution in [0.3, 0.4) is 0 Å². The highest BCUT2D eigenvalue weighted by molar-refractivity contribution is 7.10. The lowest BCUT2D eigenvalue weighted by Gasteiger charge is -2.03. The number of thiophene rings is 1. The first-order valence-electron chi connectivity index (χ1n) is 4.65. The second-order valence-corrected chi connectivity index (χ2v) is 4.61. The maximum Gasteiger partial charge on any atom is 0.134 e. The molecule has 0 spiro atoms. The van der Waals surface area contributed by atoms with Gasteiger partial charge in [-0.15, -0.1) is 11.3 Å². The molecule has 0 amide bonds. The zero-order chi connectivity index (χ0) is 9.26. The summed E-state index contributed by atoms with van der Waals surface area (Å²) < 4.78 is 5.24. The van der Waals surface area contributed by atoms with E-state index < -0.39 is 0 Å². The van der Waals surface area contributed by atoms with E-state index in [1.165, 1.54) is 11.3 Å². The minimum absolute atomic E-state index is 0.742. The molecule has 0 bridgehead atoms. The lowest BCUT2D eigenvalue weighted by Crippen LogP contribution is -2.16. The van der Waals surface area contributed by atoms with Crippen molar-refractivity contribution in [2.75, 3.05) is 7.11 Å². The predicted octanol–water partition coefficient (Wildman–Crippen LogP) is 2.25. The third kappa shape index (κ3) is 2.03. The summed E-state index contributed by atoms with van der Waals surface area (Å²) in [6.07, 6.45) is 1.33. The van der Waals surface area contributed by atoms with Gasteiger partial charge in [0.1, 0.15) is 5.75 Å². The van der Waals surface area contributed by atoms with Crippen molar-refractivity contribution in [3.63, 3.8) is 0 Å². The minimum atomic E-state index is 0.742. The van der Waals surface area contributed by atoms with Crippen LogP contribution in [0.5, 0.6) is 5.75 Å². The van der Waals surface area contributed by atoms with Gasteiger partial charge in [0, 0.05) is 12.6 Å². The van der Waals surface area contributed by atoms with Crippen molar-refractivity contribution < 1.29 is 4.74 Å². The van der Waals surface area contributed by atoms with Crippen LogP contribution in [0.2, 0.25) is 0 Å². The largest absolute Gasteiger partial charge is 0.496 e. The smallest absolute Gasteiger partial charge is 0.134 e. The Morgan fingerprint density at radius 1 is 1.69 bits per heavy atom. The van der Waals surface area contributed by atoms with Crippen LogP contribution in [0.15, 0.2) is 11.4 Å². The van der Waals surface area contributed by atoms with Gasteiger partial charge < -0.3 is 10.1 Å². The molecule has 13 heavy (non-hydrogen) atoms. The van der Waals surface area contributed by atoms with Crippen LogP contribution in [0.25, 0.3) is 0 Å². The maximum atomic E-state index is 5.24. The molecule has 1 heterocycles. The Bertz CT molecular complexity index is 284. The fourth-order valence-corrected chi connectivity index (χ4v) is 2.26. The second kappa shape index (κ2) is 3.68. The van der Waals surface area contributed by atoms with Crippen molar-refractivity contribution in [1.29, 1.82) is 0 Å². The molecule has 1 N–H and O–H groups in total. The summed E-state index contributed by atoms with van der Waals surface area (Å²) in [6, 6.07) is 2.77. The monoisotopic (exact) mass is 197 g/mol. The average molecular weight is 197 g/mol. The average Bonchev–Trinajstić information content (AvgIpc) is 2.68. The molecule has 1 aliphatic rings. The van der Waals surface area contributed by atoms with Crippen LogP contribution in [0.4, 0.5) is 0 Å². The van der Waals surface area contributed by atoms with E-state index in [0.29, 0.717) is 0 Å². The molecule has 2 rings (SSSR count). The van der Waals surface area contributed by atoms with Gasteiger partial charge in [-0.25, -0.2) is 0 Å². The zero-order valence-electron chi connectivity index (χ0n) is 8.04. The summed E-state index contributed by atoms with van der Waals surface area (Å²) >= 11 is 1.76. The van der Waals surface area contributed by atoms with Crippen molar-refractivity contribution in [2.24, 2.45) is 5.92 Å². The van der Waals surface area contributed by atoms with E-state index in [1.807, 2.05) is 6.07 Å². The molecule has 3 heteroatoms. The lowest BCUT2D eigenvalue weighted by molar-refractivity contribution is 0.410. The highest BCUT2D eigenvalue weighted by Gasteiger charge is 2.31. The van der Waals surface area contributed by atoms with Gasteiger partial charge in [0.05, 0.1) is 12.0 Å². The first kappa shape index (κ1) is 9.03. The van der Waals surface area contributed by atoms with Crippen molar-refractivity contribution in [1.82, 2.24) is 5.32 Å². The maximum absolute atomic E-state index is 5.24. The van der Waals surface area contributed by atoms with Crippen LogP contribution < -0.4 is 10.1 Å². The van der Waals surface area contributed by atoms with Crippen LogP contribution in [0, 0.1) is 5.92 Å². The number of rotatable bonds is 4. The quantitative estimate of drug-likeness (QED) is 0.799. The lowest BCUT2D eigenvalue weighted by atomic mass is 10.4. The summed E-state index contributed by atoms with van der Waals surface area (Å²) in [5, 5.41) is 5.59. The van der Waals surface area contributed by atoms with Crippen LogP contribution in [-0.2, 0) is 6.54 Å². The molecule has 72 valence electrons. The molecule has 2 unspecified atom stereocenters. The van der Waals surface area contributed by atoms with E-state index in [1.54, 1.807) is 18.4 Å². The standard InChI is InChI=1S/C10H15NOS/c1-7-5-8(7)11-6-10-9(12-2)3-4-13-10/h3-4,7-8,11H,5-6H2,1-2H3. The van der Waals surface area contributed by atoms with Crippen molar-refractivity contribution in [3.8, 4) is 5.75 Å². The predicted molar refractivity (Wildman–Crippen MR) is 55.3 cm³/mol. The Balaban J connectivity index is 1.86. The molecule has 1 aliphatic carbocycles. The molecule has 1 saturated carbocycles. The Labute approximate surface area is 82.9 Å². The van der Waals surface area contributed by atoms with Crippen LogP contribution in [-0.4, -0.2) is 13.2 Å². The molecule has 0 saturated heterocycles. The summed E-state index contributed by atoms with van der Waals surface area (Å²) in [4.78, 5) is 1.31. The summed E-state index contributed by atoms with van der Waals surface area (Å²) in [5.74, 6) is 1.89. The molecule has 1 fully saturated rings. The van der Waals surface area contributed by atoms with E-state index in [0.717, 1.165) is 24.3 Å². The summed E-state index contributed by atoms with van der Waals surface area (Å²) in [7, 11) is 1.73. The number of nitrogens with one attached hydrogen (secondary N) is 1. The highest BCUT2D eigenvalue weighted by Crippen LogP contribution is 2.31. The normalized spacial score (nSPS) is 26.0. The third-order valence-electron chi connectivity index (χ3n) is 2.56. The first-order valence-corrected chi connectivity index (χ1v) is 5.53. The molecule has 1 aromatic rings. The Morgan fingerprint density at radius 2 is 2.46 bits per heavy atom. The molecular formula is C10H15NOS. The van der Waals surface area contributed by atoms with Crippen molar-refractivity contribution in [3.05, 3.63) is 16.3 Å². The molecule has 0 aliphatic heterocycles. The number of methoxy groups -OCH3 is 1. The van der Waals surface area contributed by atoms with E-state index in [-0.39, 0.29) is 0 Å². The Morgan fingerprint density at radius 3 is 3.08 bits per heavy atom. The van der Waals surface area contributed by atoms with Gasteiger partial charge in [0.25, 0.3) is 0 Å². The number of ether oxygens (including phenoxy) is 1.